The van der Waals surface area contributed by atoms with E-state index in [1.165, 1.54) is 0 Å². The SMILES string of the molecule is CCC(=O)CN=N. The Hall–Kier alpha value is -0.730. The fraction of sp³-hybridized carbons (Fsp3) is 0.750. The molecule has 40 valence electrons. The number of nitrogens with zero attached hydrogens (tertiary/aromatic N) is 1. The van der Waals surface area contributed by atoms with Crippen molar-refractivity contribution < 1.29 is 4.79 Å². The lowest BCUT2D eigenvalue weighted by atomic mass is 10.3. The summed E-state index contributed by atoms with van der Waals surface area (Å²) in [4.78, 5) is 10.2. The summed E-state index contributed by atoms with van der Waals surface area (Å²) in [5, 5.41) is 2.91. The summed E-state index contributed by atoms with van der Waals surface area (Å²) < 4.78 is 0. The molecular weight excluding hydrogens is 92.1 g/mol. The summed E-state index contributed by atoms with van der Waals surface area (Å²) in [5.41, 5.74) is 6.24. The van der Waals surface area contributed by atoms with E-state index < -0.39 is 0 Å². The highest BCUT2D eigenvalue weighted by Crippen LogP contribution is 1.78. The molecule has 1 N–H and O–H groups in total. The van der Waals surface area contributed by atoms with Crippen LogP contribution in [0.1, 0.15) is 13.3 Å². The number of rotatable bonds is 3. The maximum Gasteiger partial charge on any atom is 0.155 e. The molecule has 0 aromatic rings. The van der Waals surface area contributed by atoms with Crippen molar-refractivity contribution in [1.82, 2.24) is 0 Å². The third-order valence-electron chi connectivity index (χ3n) is 0.650. The first-order chi connectivity index (χ1) is 3.31. The van der Waals surface area contributed by atoms with Gasteiger partial charge in [-0.25, -0.2) is 5.53 Å². The molecule has 0 bridgehead atoms. The van der Waals surface area contributed by atoms with Gasteiger partial charge in [0.15, 0.2) is 5.78 Å². The van der Waals surface area contributed by atoms with Gasteiger partial charge in [0.1, 0.15) is 6.54 Å². The minimum atomic E-state index is 0.0231. The van der Waals surface area contributed by atoms with Crippen LogP contribution in [0.15, 0.2) is 5.11 Å². The zero-order valence-electron chi connectivity index (χ0n) is 4.27. The summed E-state index contributed by atoms with van der Waals surface area (Å²) in [6, 6.07) is 0. The Labute approximate surface area is 42.2 Å². The standard InChI is InChI=1S/C4H8N2O/c1-2-4(7)3-6-5/h5H,2-3H2,1H3. The van der Waals surface area contributed by atoms with Gasteiger partial charge < -0.3 is 0 Å². The second kappa shape index (κ2) is 3.46. The van der Waals surface area contributed by atoms with Crippen molar-refractivity contribution >= 4 is 5.78 Å². The average molecular weight is 100 g/mol. The summed E-state index contributed by atoms with van der Waals surface area (Å²) in [6.07, 6.45) is 0.488. The molecule has 0 rings (SSSR count). The van der Waals surface area contributed by atoms with E-state index in [-0.39, 0.29) is 12.3 Å². The summed E-state index contributed by atoms with van der Waals surface area (Å²) in [6.45, 7) is 1.81. The first-order valence-corrected chi connectivity index (χ1v) is 2.16. The minimum Gasteiger partial charge on any atom is -0.298 e. The number of carbonyl (C=O) groups is 1. The predicted octanol–water partition coefficient (Wildman–Crippen LogP) is 0.996. The van der Waals surface area contributed by atoms with Crippen LogP contribution in [0.3, 0.4) is 0 Å². The fourth-order valence-corrected chi connectivity index (χ4v) is 0.200. The first-order valence-electron chi connectivity index (χ1n) is 2.16. The lowest BCUT2D eigenvalue weighted by Gasteiger charge is -1.82. The van der Waals surface area contributed by atoms with Gasteiger partial charge in [-0.2, -0.15) is 5.11 Å². The van der Waals surface area contributed by atoms with Crippen LogP contribution < -0.4 is 0 Å². The summed E-state index contributed by atoms with van der Waals surface area (Å²) in [5.74, 6) is 0.0231. The number of Topliss-reactive ketones (excluding diaryl/α,β-unsaturated/α-hetero) is 1. The molecule has 0 amide bonds. The zero-order valence-corrected chi connectivity index (χ0v) is 4.27. The molecule has 7 heavy (non-hydrogen) atoms. The first kappa shape index (κ1) is 6.27. The monoisotopic (exact) mass is 100 g/mol. The molecule has 0 atom stereocenters. The molecule has 3 heteroatoms. The van der Waals surface area contributed by atoms with Crippen molar-refractivity contribution in [2.75, 3.05) is 6.54 Å². The van der Waals surface area contributed by atoms with Crippen molar-refractivity contribution in [3.8, 4) is 0 Å². The van der Waals surface area contributed by atoms with Crippen molar-refractivity contribution in [1.29, 1.82) is 5.53 Å². The molecule has 0 aliphatic heterocycles. The summed E-state index contributed by atoms with van der Waals surface area (Å²) >= 11 is 0. The van der Waals surface area contributed by atoms with Crippen molar-refractivity contribution in [3.63, 3.8) is 0 Å². The largest absolute Gasteiger partial charge is 0.298 e. The molecule has 0 aliphatic rings. The molecule has 0 heterocycles. The van der Waals surface area contributed by atoms with Gasteiger partial charge >= 0.3 is 0 Å². The molecule has 0 unspecified atom stereocenters. The molecular formula is C4H8N2O. The number of hydrogen-bond acceptors (Lipinski definition) is 3. The summed E-state index contributed by atoms with van der Waals surface area (Å²) in [7, 11) is 0. The fourth-order valence-electron chi connectivity index (χ4n) is 0.200. The Balaban J connectivity index is 3.17. The van der Waals surface area contributed by atoms with Gasteiger partial charge in [0.2, 0.25) is 0 Å². The van der Waals surface area contributed by atoms with Gasteiger partial charge in [0.05, 0.1) is 0 Å². The number of ketones is 1. The lowest BCUT2D eigenvalue weighted by Crippen LogP contribution is -1.97. The van der Waals surface area contributed by atoms with Crippen LogP contribution in [0.5, 0.6) is 0 Å². The van der Waals surface area contributed by atoms with Crippen LogP contribution >= 0.6 is 0 Å². The third kappa shape index (κ3) is 3.09. The third-order valence-corrected chi connectivity index (χ3v) is 0.650. The van der Waals surface area contributed by atoms with E-state index in [1.807, 2.05) is 0 Å². The lowest BCUT2D eigenvalue weighted by molar-refractivity contribution is -0.117. The molecule has 0 saturated carbocycles. The van der Waals surface area contributed by atoms with Gasteiger partial charge in [-0.3, -0.25) is 4.79 Å². The number of nitrogens with one attached hydrogen (secondary N) is 1. The second-order valence-electron chi connectivity index (χ2n) is 1.21. The predicted molar refractivity (Wildman–Crippen MR) is 25.3 cm³/mol. The number of hydrogen-bond donors (Lipinski definition) is 1. The molecule has 0 aromatic heterocycles. The van der Waals surface area contributed by atoms with E-state index in [0.717, 1.165) is 0 Å². The van der Waals surface area contributed by atoms with E-state index in [1.54, 1.807) is 6.92 Å². The highest BCUT2D eigenvalue weighted by Gasteiger charge is 1.91. The molecule has 0 fully saturated rings. The second-order valence-corrected chi connectivity index (χ2v) is 1.21. The van der Waals surface area contributed by atoms with Gasteiger partial charge in [-0.05, 0) is 0 Å². The number of carbonyl (C=O) groups excluding carboxylic acids is 1. The molecule has 3 nitrogen and oxygen atoms in total. The maximum atomic E-state index is 10.2. The van der Waals surface area contributed by atoms with Crippen LogP contribution in [0.25, 0.3) is 0 Å². The Morgan fingerprint density at radius 3 is 2.57 bits per heavy atom. The average Bonchev–Trinajstić information content (AvgIpc) is 1.68. The molecule has 0 saturated heterocycles. The van der Waals surface area contributed by atoms with Gasteiger partial charge in [-0.15, -0.1) is 0 Å². The van der Waals surface area contributed by atoms with Crippen molar-refractivity contribution in [2.24, 2.45) is 5.11 Å². The van der Waals surface area contributed by atoms with Crippen LogP contribution in [-0.4, -0.2) is 12.3 Å². The van der Waals surface area contributed by atoms with Gasteiger partial charge in [0.25, 0.3) is 0 Å². The van der Waals surface area contributed by atoms with Gasteiger partial charge in [0, 0.05) is 6.42 Å². The Bertz CT molecular complexity index is 79.8. The van der Waals surface area contributed by atoms with Crippen LogP contribution in [-0.2, 0) is 4.79 Å². The van der Waals surface area contributed by atoms with E-state index in [4.69, 9.17) is 5.53 Å². The van der Waals surface area contributed by atoms with Crippen LogP contribution in [0.4, 0.5) is 0 Å². The van der Waals surface area contributed by atoms with Crippen LogP contribution in [0.2, 0.25) is 0 Å². The quantitative estimate of drug-likeness (QED) is 0.528. The van der Waals surface area contributed by atoms with E-state index >= 15 is 0 Å². The highest BCUT2D eigenvalue weighted by atomic mass is 16.1. The van der Waals surface area contributed by atoms with Crippen LogP contribution in [0, 0.1) is 5.53 Å². The molecule has 0 radical (unpaired) electrons. The molecule has 0 aliphatic carbocycles. The normalized spacial score (nSPS) is 8.14. The van der Waals surface area contributed by atoms with E-state index in [0.29, 0.717) is 6.42 Å². The maximum absolute atomic E-state index is 10.2. The highest BCUT2D eigenvalue weighted by molar-refractivity contribution is 5.79. The van der Waals surface area contributed by atoms with E-state index in [9.17, 15) is 4.79 Å². The molecule has 0 aromatic carbocycles. The van der Waals surface area contributed by atoms with E-state index in [2.05, 4.69) is 5.11 Å². The zero-order chi connectivity index (χ0) is 5.70. The molecule has 0 spiro atoms. The minimum absolute atomic E-state index is 0.0231. The Morgan fingerprint density at radius 1 is 1.86 bits per heavy atom. The van der Waals surface area contributed by atoms with Gasteiger partial charge in [-0.1, -0.05) is 6.92 Å². The Kier molecular flexibility index (Phi) is 3.10. The smallest absolute Gasteiger partial charge is 0.155 e. The van der Waals surface area contributed by atoms with Crippen molar-refractivity contribution in [3.05, 3.63) is 0 Å². The topological polar surface area (TPSA) is 53.3 Å². The Morgan fingerprint density at radius 2 is 2.43 bits per heavy atom. The van der Waals surface area contributed by atoms with Crippen molar-refractivity contribution in [2.45, 2.75) is 13.3 Å².